The molecule has 154 valence electrons. The third-order valence-electron chi connectivity index (χ3n) is 5.03. The summed E-state index contributed by atoms with van der Waals surface area (Å²) >= 11 is 0. The third-order valence-corrected chi connectivity index (χ3v) is 5.03. The molecule has 0 radical (unpaired) electrons. The molecule has 2 N–H and O–H groups in total. The molecule has 2 rings (SSSR count). The van der Waals surface area contributed by atoms with Crippen molar-refractivity contribution in [2.75, 3.05) is 39.8 Å². The van der Waals surface area contributed by atoms with E-state index in [4.69, 9.17) is 4.74 Å². The summed E-state index contributed by atoms with van der Waals surface area (Å²) in [5, 5.41) is 11.5. The summed E-state index contributed by atoms with van der Waals surface area (Å²) in [4.78, 5) is 6.86. The molecule has 1 atom stereocenters. The first-order chi connectivity index (χ1) is 13.0. The highest BCUT2D eigenvalue weighted by atomic mass is 16.5. The van der Waals surface area contributed by atoms with Crippen LogP contribution >= 0.6 is 0 Å². The second-order valence-electron chi connectivity index (χ2n) is 7.66. The number of hydrogen-bond donors (Lipinski definition) is 2. The van der Waals surface area contributed by atoms with Crippen LogP contribution in [0.4, 0.5) is 0 Å². The highest BCUT2D eigenvalue weighted by Gasteiger charge is 2.21. The Kier molecular flexibility index (Phi) is 8.57. The van der Waals surface area contributed by atoms with E-state index in [0.29, 0.717) is 5.92 Å². The van der Waals surface area contributed by atoms with Crippen molar-refractivity contribution in [3.05, 3.63) is 17.0 Å². The number of aromatic nitrogens is 2. The van der Waals surface area contributed by atoms with Gasteiger partial charge in [-0.1, -0.05) is 27.7 Å². The Balaban J connectivity index is 1.86. The minimum atomic E-state index is 0.201. The molecule has 2 heterocycles. The highest BCUT2D eigenvalue weighted by molar-refractivity contribution is 5.79. The highest BCUT2D eigenvalue weighted by Crippen LogP contribution is 2.15. The lowest BCUT2D eigenvalue weighted by Crippen LogP contribution is -2.50. The Morgan fingerprint density at radius 2 is 2.07 bits per heavy atom. The van der Waals surface area contributed by atoms with Crippen molar-refractivity contribution in [3.63, 3.8) is 0 Å². The second-order valence-corrected chi connectivity index (χ2v) is 7.66. The van der Waals surface area contributed by atoms with Gasteiger partial charge in [-0.15, -0.1) is 0 Å². The second kappa shape index (κ2) is 10.7. The fourth-order valence-corrected chi connectivity index (χ4v) is 3.78. The van der Waals surface area contributed by atoms with Gasteiger partial charge in [0, 0.05) is 58.1 Å². The van der Waals surface area contributed by atoms with Gasteiger partial charge in [0.25, 0.3) is 0 Å². The molecule has 1 aliphatic heterocycles. The van der Waals surface area contributed by atoms with Crippen LogP contribution in [-0.2, 0) is 31.2 Å². The average Bonchev–Trinajstić information content (AvgIpc) is 2.96. The van der Waals surface area contributed by atoms with Crippen LogP contribution in [0.5, 0.6) is 0 Å². The van der Waals surface area contributed by atoms with Gasteiger partial charge in [0.1, 0.15) is 0 Å². The Hall–Kier alpha value is -1.60. The molecule has 27 heavy (non-hydrogen) atoms. The lowest BCUT2D eigenvalue weighted by molar-refractivity contribution is -0.0284. The summed E-state index contributed by atoms with van der Waals surface area (Å²) < 4.78 is 7.93. The van der Waals surface area contributed by atoms with Crippen LogP contribution in [0.25, 0.3) is 0 Å². The number of ether oxygens (including phenoxy) is 1. The molecule has 0 aliphatic carbocycles. The number of hydrogen-bond acceptors (Lipinski definition) is 4. The van der Waals surface area contributed by atoms with Gasteiger partial charge in [-0.05, 0) is 18.8 Å². The summed E-state index contributed by atoms with van der Waals surface area (Å²) in [5.41, 5.74) is 3.74. The first-order valence-electron chi connectivity index (χ1n) is 10.3. The molecule has 1 aromatic heterocycles. The SMILES string of the molecule is CCc1nn(C)c(CC)c1CNC(=NC)NCC1CN(CC(C)C)CCO1. The molecule has 1 aromatic rings. The van der Waals surface area contributed by atoms with Crippen molar-refractivity contribution in [3.8, 4) is 0 Å². The molecule has 7 nitrogen and oxygen atoms in total. The van der Waals surface area contributed by atoms with Gasteiger partial charge >= 0.3 is 0 Å². The van der Waals surface area contributed by atoms with E-state index in [-0.39, 0.29) is 6.10 Å². The van der Waals surface area contributed by atoms with Crippen LogP contribution in [0.1, 0.15) is 44.6 Å². The van der Waals surface area contributed by atoms with Crippen molar-refractivity contribution in [2.45, 2.75) is 53.2 Å². The molecule has 1 fully saturated rings. The first kappa shape index (κ1) is 21.7. The van der Waals surface area contributed by atoms with Crippen LogP contribution < -0.4 is 10.6 Å². The predicted octanol–water partition coefficient (Wildman–Crippen LogP) is 1.57. The number of aryl methyl sites for hydroxylation is 2. The summed E-state index contributed by atoms with van der Waals surface area (Å²) in [7, 11) is 3.84. The average molecular weight is 379 g/mol. The van der Waals surface area contributed by atoms with E-state index in [1.807, 2.05) is 18.8 Å². The molecule has 1 saturated heterocycles. The molecule has 0 saturated carbocycles. The number of nitrogens with zero attached hydrogens (tertiary/aromatic N) is 4. The van der Waals surface area contributed by atoms with Crippen molar-refractivity contribution in [1.29, 1.82) is 0 Å². The molecule has 0 aromatic carbocycles. The number of morpholine rings is 1. The van der Waals surface area contributed by atoms with E-state index in [1.165, 1.54) is 11.3 Å². The minimum absolute atomic E-state index is 0.201. The maximum absolute atomic E-state index is 5.92. The molecule has 7 heteroatoms. The van der Waals surface area contributed by atoms with E-state index in [9.17, 15) is 0 Å². The molecular weight excluding hydrogens is 340 g/mol. The van der Waals surface area contributed by atoms with E-state index in [2.05, 4.69) is 53.3 Å². The number of nitrogens with one attached hydrogen (secondary N) is 2. The molecule has 1 unspecified atom stereocenters. The predicted molar refractivity (Wildman–Crippen MR) is 111 cm³/mol. The molecule has 0 spiro atoms. The zero-order valence-electron chi connectivity index (χ0n) is 18.0. The zero-order chi connectivity index (χ0) is 19.8. The monoisotopic (exact) mass is 378 g/mol. The van der Waals surface area contributed by atoms with Gasteiger partial charge in [0.15, 0.2) is 5.96 Å². The Bertz CT molecular complexity index is 610. The van der Waals surface area contributed by atoms with Gasteiger partial charge in [0.05, 0.1) is 18.4 Å². The van der Waals surface area contributed by atoms with Crippen molar-refractivity contribution < 1.29 is 4.74 Å². The quantitative estimate of drug-likeness (QED) is 0.531. The largest absolute Gasteiger partial charge is 0.374 e. The van der Waals surface area contributed by atoms with Gasteiger partial charge in [0.2, 0.25) is 0 Å². The normalized spacial score (nSPS) is 18.9. The van der Waals surface area contributed by atoms with E-state index < -0.39 is 0 Å². The summed E-state index contributed by atoms with van der Waals surface area (Å²) in [6.45, 7) is 14.3. The zero-order valence-corrected chi connectivity index (χ0v) is 18.0. The topological polar surface area (TPSA) is 66.7 Å². The number of aliphatic imine (C=N–C) groups is 1. The third kappa shape index (κ3) is 6.21. The number of guanidine groups is 1. The molecule has 0 bridgehead atoms. The van der Waals surface area contributed by atoms with E-state index in [1.54, 1.807) is 0 Å². The van der Waals surface area contributed by atoms with Crippen LogP contribution in [0.15, 0.2) is 4.99 Å². The van der Waals surface area contributed by atoms with E-state index in [0.717, 1.165) is 63.8 Å². The Morgan fingerprint density at radius 1 is 1.30 bits per heavy atom. The fourth-order valence-electron chi connectivity index (χ4n) is 3.78. The Morgan fingerprint density at radius 3 is 2.70 bits per heavy atom. The molecular formula is C20H38N6O. The maximum atomic E-state index is 5.92. The van der Waals surface area contributed by atoms with Crippen molar-refractivity contribution in [2.24, 2.45) is 18.0 Å². The van der Waals surface area contributed by atoms with Crippen LogP contribution in [-0.4, -0.2) is 66.6 Å². The molecule has 0 amide bonds. The lowest BCUT2D eigenvalue weighted by atomic mass is 10.1. The fraction of sp³-hybridized carbons (Fsp3) is 0.800. The smallest absolute Gasteiger partial charge is 0.191 e. The summed E-state index contributed by atoms with van der Waals surface area (Å²) in [6, 6.07) is 0. The van der Waals surface area contributed by atoms with Crippen LogP contribution in [0, 0.1) is 5.92 Å². The number of rotatable bonds is 8. The van der Waals surface area contributed by atoms with Crippen molar-refractivity contribution >= 4 is 5.96 Å². The van der Waals surface area contributed by atoms with Gasteiger partial charge < -0.3 is 15.4 Å². The Labute approximate surface area is 164 Å². The van der Waals surface area contributed by atoms with Crippen LogP contribution in [0.2, 0.25) is 0 Å². The maximum Gasteiger partial charge on any atom is 0.191 e. The lowest BCUT2D eigenvalue weighted by Gasteiger charge is -2.34. The molecule has 1 aliphatic rings. The minimum Gasteiger partial charge on any atom is -0.374 e. The standard InChI is InChI=1S/C20H38N6O/c1-7-18-17(19(8-2)25(6)24-18)12-23-20(21-5)22-11-16-14-26(9-10-27-16)13-15(3)4/h15-16H,7-14H2,1-6H3,(H2,21,22,23). The van der Waals surface area contributed by atoms with Gasteiger partial charge in [-0.3, -0.25) is 14.6 Å². The van der Waals surface area contributed by atoms with Crippen molar-refractivity contribution in [1.82, 2.24) is 25.3 Å². The van der Waals surface area contributed by atoms with Gasteiger partial charge in [-0.2, -0.15) is 5.10 Å². The van der Waals surface area contributed by atoms with Crippen LogP contribution in [0.3, 0.4) is 0 Å². The van der Waals surface area contributed by atoms with E-state index >= 15 is 0 Å². The van der Waals surface area contributed by atoms with Gasteiger partial charge in [-0.25, -0.2) is 0 Å². The summed E-state index contributed by atoms with van der Waals surface area (Å²) in [6.07, 6.45) is 2.12. The summed E-state index contributed by atoms with van der Waals surface area (Å²) in [5.74, 6) is 1.50. The first-order valence-corrected chi connectivity index (χ1v) is 10.3.